The van der Waals surface area contributed by atoms with E-state index in [0.717, 1.165) is 25.5 Å². The highest BCUT2D eigenvalue weighted by Crippen LogP contribution is 2.17. The molecule has 1 aliphatic heterocycles. The van der Waals surface area contributed by atoms with Crippen molar-refractivity contribution in [3.05, 3.63) is 23.9 Å². The molecule has 0 bridgehead atoms. The topological polar surface area (TPSA) is 45.4 Å². The summed E-state index contributed by atoms with van der Waals surface area (Å²) in [6, 6.07) is 4.58. The number of piperazine rings is 1. The van der Waals surface area contributed by atoms with E-state index < -0.39 is 0 Å². The molecule has 0 spiro atoms. The number of rotatable bonds is 2. The standard InChI is InChI=1S/C12H20N4/c1-10-3-4-12(14-8-10)16-6-5-15(2)9-11(16)7-13/h3-4,8,11H,5-7,9,13H2,1-2H3. The van der Waals surface area contributed by atoms with Crippen molar-refractivity contribution < 1.29 is 0 Å². The molecule has 1 fully saturated rings. The van der Waals surface area contributed by atoms with Crippen molar-refractivity contribution in [2.75, 3.05) is 38.1 Å². The van der Waals surface area contributed by atoms with Gasteiger partial charge in [-0.05, 0) is 25.6 Å². The molecule has 2 N–H and O–H groups in total. The zero-order valence-electron chi connectivity index (χ0n) is 10.1. The molecule has 1 atom stereocenters. The van der Waals surface area contributed by atoms with Gasteiger partial charge in [0.1, 0.15) is 5.82 Å². The van der Waals surface area contributed by atoms with Gasteiger partial charge in [-0.1, -0.05) is 6.07 Å². The van der Waals surface area contributed by atoms with Crippen LogP contribution in [0.15, 0.2) is 18.3 Å². The van der Waals surface area contributed by atoms with E-state index in [-0.39, 0.29) is 0 Å². The van der Waals surface area contributed by atoms with Crippen LogP contribution in [-0.2, 0) is 0 Å². The molecular weight excluding hydrogens is 200 g/mol. The lowest BCUT2D eigenvalue weighted by atomic mass is 10.1. The van der Waals surface area contributed by atoms with Crippen LogP contribution in [-0.4, -0.2) is 49.2 Å². The first-order valence-electron chi connectivity index (χ1n) is 5.78. The normalized spacial score (nSPS) is 22.4. The molecule has 0 radical (unpaired) electrons. The number of nitrogens with zero attached hydrogens (tertiary/aromatic N) is 3. The van der Waals surface area contributed by atoms with E-state index in [1.807, 2.05) is 6.20 Å². The largest absolute Gasteiger partial charge is 0.350 e. The monoisotopic (exact) mass is 220 g/mol. The fraction of sp³-hybridized carbons (Fsp3) is 0.583. The summed E-state index contributed by atoms with van der Waals surface area (Å²) < 4.78 is 0. The number of hydrogen-bond acceptors (Lipinski definition) is 4. The van der Waals surface area contributed by atoms with Crippen molar-refractivity contribution in [2.24, 2.45) is 5.73 Å². The molecule has 4 nitrogen and oxygen atoms in total. The molecule has 4 heteroatoms. The second kappa shape index (κ2) is 4.80. The molecule has 2 rings (SSSR count). The van der Waals surface area contributed by atoms with Crippen LogP contribution in [0.1, 0.15) is 5.56 Å². The SMILES string of the molecule is Cc1ccc(N2CCN(C)CC2CN)nc1. The molecule has 0 amide bonds. The Hall–Kier alpha value is -1.13. The third-order valence-corrected chi connectivity index (χ3v) is 3.15. The molecule has 16 heavy (non-hydrogen) atoms. The number of pyridine rings is 1. The molecule has 2 heterocycles. The first kappa shape index (κ1) is 11.4. The Kier molecular flexibility index (Phi) is 3.41. The minimum absolute atomic E-state index is 0.383. The van der Waals surface area contributed by atoms with Gasteiger partial charge in [0.05, 0.1) is 6.04 Å². The number of hydrogen-bond donors (Lipinski definition) is 1. The quantitative estimate of drug-likeness (QED) is 0.787. The van der Waals surface area contributed by atoms with E-state index >= 15 is 0 Å². The van der Waals surface area contributed by atoms with Crippen molar-refractivity contribution >= 4 is 5.82 Å². The molecule has 0 saturated carbocycles. The average Bonchev–Trinajstić information content (AvgIpc) is 2.30. The molecule has 0 aromatic carbocycles. The first-order valence-corrected chi connectivity index (χ1v) is 5.78. The van der Waals surface area contributed by atoms with Crippen LogP contribution < -0.4 is 10.6 Å². The highest BCUT2D eigenvalue weighted by molar-refractivity contribution is 5.41. The van der Waals surface area contributed by atoms with Gasteiger partial charge in [0.15, 0.2) is 0 Å². The minimum atomic E-state index is 0.383. The van der Waals surface area contributed by atoms with Gasteiger partial charge in [-0.25, -0.2) is 4.98 Å². The molecule has 0 aliphatic carbocycles. The van der Waals surface area contributed by atoms with Gasteiger partial charge in [-0.15, -0.1) is 0 Å². The molecule has 1 aromatic rings. The van der Waals surface area contributed by atoms with Crippen LogP contribution in [0.4, 0.5) is 5.82 Å². The van der Waals surface area contributed by atoms with Crippen molar-refractivity contribution in [1.82, 2.24) is 9.88 Å². The zero-order valence-corrected chi connectivity index (χ0v) is 10.1. The zero-order chi connectivity index (χ0) is 11.5. The number of aromatic nitrogens is 1. The van der Waals surface area contributed by atoms with Gasteiger partial charge in [-0.3, -0.25) is 0 Å². The predicted octanol–water partition coefficient (Wildman–Crippen LogP) is 0.469. The Labute approximate surface area is 97.1 Å². The summed E-state index contributed by atoms with van der Waals surface area (Å²) in [7, 11) is 2.14. The number of likely N-dealkylation sites (N-methyl/N-ethyl adjacent to an activating group) is 1. The number of aryl methyl sites for hydroxylation is 1. The Balaban J connectivity index is 2.15. The summed E-state index contributed by atoms with van der Waals surface area (Å²) in [6.45, 7) is 5.84. The van der Waals surface area contributed by atoms with Crippen molar-refractivity contribution in [3.63, 3.8) is 0 Å². The highest BCUT2D eigenvalue weighted by Gasteiger charge is 2.24. The van der Waals surface area contributed by atoms with Gasteiger partial charge < -0.3 is 15.5 Å². The van der Waals surface area contributed by atoms with Crippen molar-refractivity contribution in [1.29, 1.82) is 0 Å². The maximum atomic E-state index is 5.83. The van der Waals surface area contributed by atoms with E-state index in [4.69, 9.17) is 5.73 Å². The molecule has 1 unspecified atom stereocenters. The average molecular weight is 220 g/mol. The Morgan fingerprint density at radius 1 is 1.44 bits per heavy atom. The van der Waals surface area contributed by atoms with Crippen LogP contribution in [0.25, 0.3) is 0 Å². The van der Waals surface area contributed by atoms with Gasteiger partial charge >= 0.3 is 0 Å². The first-order chi connectivity index (χ1) is 7.70. The highest BCUT2D eigenvalue weighted by atomic mass is 15.3. The second-order valence-corrected chi connectivity index (χ2v) is 4.54. The van der Waals surface area contributed by atoms with E-state index in [9.17, 15) is 0 Å². The third kappa shape index (κ3) is 2.33. The third-order valence-electron chi connectivity index (χ3n) is 3.15. The molecule has 1 saturated heterocycles. The smallest absolute Gasteiger partial charge is 0.128 e. The van der Waals surface area contributed by atoms with Gasteiger partial charge in [-0.2, -0.15) is 0 Å². The minimum Gasteiger partial charge on any atom is -0.350 e. The molecule has 1 aromatic heterocycles. The van der Waals surface area contributed by atoms with Crippen LogP contribution >= 0.6 is 0 Å². The van der Waals surface area contributed by atoms with Crippen LogP contribution in [0.5, 0.6) is 0 Å². The van der Waals surface area contributed by atoms with Crippen molar-refractivity contribution in [3.8, 4) is 0 Å². The fourth-order valence-corrected chi connectivity index (χ4v) is 2.14. The van der Waals surface area contributed by atoms with Crippen LogP contribution in [0, 0.1) is 6.92 Å². The summed E-state index contributed by atoms with van der Waals surface area (Å²) in [4.78, 5) is 9.12. The lowest BCUT2D eigenvalue weighted by Gasteiger charge is -2.40. The Morgan fingerprint density at radius 2 is 2.25 bits per heavy atom. The Morgan fingerprint density at radius 3 is 2.88 bits per heavy atom. The Bertz CT molecular complexity index is 335. The van der Waals surface area contributed by atoms with E-state index in [2.05, 4.69) is 40.9 Å². The maximum Gasteiger partial charge on any atom is 0.128 e. The summed E-state index contributed by atoms with van der Waals surface area (Å²) >= 11 is 0. The van der Waals surface area contributed by atoms with Crippen LogP contribution in [0.3, 0.4) is 0 Å². The van der Waals surface area contributed by atoms with Gasteiger partial charge in [0.2, 0.25) is 0 Å². The lowest BCUT2D eigenvalue weighted by molar-refractivity contribution is 0.269. The predicted molar refractivity (Wildman–Crippen MR) is 66.7 cm³/mol. The van der Waals surface area contributed by atoms with Crippen molar-refractivity contribution in [2.45, 2.75) is 13.0 Å². The number of anilines is 1. The fourth-order valence-electron chi connectivity index (χ4n) is 2.14. The summed E-state index contributed by atoms with van der Waals surface area (Å²) in [5.41, 5.74) is 7.02. The number of nitrogens with two attached hydrogens (primary N) is 1. The summed E-state index contributed by atoms with van der Waals surface area (Å²) in [5, 5.41) is 0. The van der Waals surface area contributed by atoms with Crippen LogP contribution in [0.2, 0.25) is 0 Å². The van der Waals surface area contributed by atoms with E-state index in [0.29, 0.717) is 12.6 Å². The summed E-state index contributed by atoms with van der Waals surface area (Å²) in [5.74, 6) is 1.05. The lowest BCUT2D eigenvalue weighted by Crippen LogP contribution is -2.55. The van der Waals surface area contributed by atoms with E-state index in [1.165, 1.54) is 5.56 Å². The van der Waals surface area contributed by atoms with Gasteiger partial charge in [0.25, 0.3) is 0 Å². The molecule has 88 valence electrons. The maximum absolute atomic E-state index is 5.83. The molecule has 1 aliphatic rings. The van der Waals surface area contributed by atoms with Gasteiger partial charge in [0, 0.05) is 32.4 Å². The molecular formula is C12H20N4. The second-order valence-electron chi connectivity index (χ2n) is 4.54. The van der Waals surface area contributed by atoms with E-state index in [1.54, 1.807) is 0 Å². The summed E-state index contributed by atoms with van der Waals surface area (Å²) in [6.07, 6.45) is 1.92.